The number of piperidine rings is 1. The molecule has 0 radical (unpaired) electrons. The van der Waals surface area contributed by atoms with E-state index in [9.17, 15) is 17.6 Å². The van der Waals surface area contributed by atoms with Crippen LogP contribution in [0.3, 0.4) is 0 Å². The van der Waals surface area contributed by atoms with Gasteiger partial charge >= 0.3 is 0 Å². The molecule has 1 N–H and O–H groups in total. The second-order valence-electron chi connectivity index (χ2n) is 6.60. The van der Waals surface area contributed by atoms with Crippen molar-refractivity contribution in [1.29, 1.82) is 0 Å². The SMILES string of the molecule is O=C(NCc1ccc(F)cc1)C1CCN(S(=O)(=O)c2cc(Cl)ccc2Cl)CC1. The van der Waals surface area contributed by atoms with Crippen molar-refractivity contribution in [3.05, 3.63) is 63.9 Å². The van der Waals surface area contributed by atoms with E-state index in [4.69, 9.17) is 23.2 Å². The maximum absolute atomic E-state index is 12.9. The molecular weight excluding hydrogens is 426 g/mol. The van der Waals surface area contributed by atoms with Gasteiger partial charge in [0.05, 0.1) is 5.02 Å². The van der Waals surface area contributed by atoms with E-state index in [1.165, 1.54) is 34.6 Å². The van der Waals surface area contributed by atoms with Crippen molar-refractivity contribution < 1.29 is 17.6 Å². The van der Waals surface area contributed by atoms with Gasteiger partial charge in [0, 0.05) is 30.6 Å². The molecule has 2 aromatic rings. The Morgan fingerprint density at radius 3 is 2.39 bits per heavy atom. The lowest BCUT2D eigenvalue weighted by molar-refractivity contribution is -0.126. The molecule has 2 aromatic carbocycles. The number of carbonyl (C=O) groups is 1. The molecule has 1 amide bonds. The van der Waals surface area contributed by atoms with Crippen LogP contribution in [0.1, 0.15) is 18.4 Å². The molecule has 5 nitrogen and oxygen atoms in total. The van der Waals surface area contributed by atoms with Crippen LogP contribution in [0.15, 0.2) is 47.4 Å². The summed E-state index contributed by atoms with van der Waals surface area (Å²) in [5.41, 5.74) is 0.797. The Hall–Kier alpha value is -1.67. The molecule has 0 aliphatic carbocycles. The molecule has 3 rings (SSSR count). The van der Waals surface area contributed by atoms with Crippen LogP contribution in [0, 0.1) is 11.7 Å². The van der Waals surface area contributed by atoms with E-state index in [1.54, 1.807) is 12.1 Å². The van der Waals surface area contributed by atoms with Gasteiger partial charge in [0.25, 0.3) is 0 Å². The summed E-state index contributed by atoms with van der Waals surface area (Å²) in [6.07, 6.45) is 0.819. The predicted molar refractivity (Wildman–Crippen MR) is 106 cm³/mol. The van der Waals surface area contributed by atoms with Crippen LogP contribution in [0.25, 0.3) is 0 Å². The third kappa shape index (κ3) is 4.84. The zero-order valence-corrected chi connectivity index (χ0v) is 17.2. The second kappa shape index (κ2) is 8.78. The number of rotatable bonds is 5. The summed E-state index contributed by atoms with van der Waals surface area (Å²) in [5, 5.41) is 3.23. The first-order chi connectivity index (χ1) is 13.3. The fraction of sp³-hybridized carbons (Fsp3) is 0.316. The summed E-state index contributed by atoms with van der Waals surface area (Å²) in [6.45, 7) is 0.745. The van der Waals surface area contributed by atoms with Gasteiger partial charge in [-0.15, -0.1) is 0 Å². The van der Waals surface area contributed by atoms with Gasteiger partial charge in [-0.3, -0.25) is 4.79 Å². The number of amides is 1. The summed E-state index contributed by atoms with van der Waals surface area (Å²) >= 11 is 11.9. The molecule has 28 heavy (non-hydrogen) atoms. The van der Waals surface area contributed by atoms with Crippen LogP contribution in [0.2, 0.25) is 10.0 Å². The number of nitrogens with zero attached hydrogens (tertiary/aromatic N) is 1. The number of carbonyl (C=O) groups excluding carboxylic acids is 1. The first-order valence-corrected chi connectivity index (χ1v) is 10.9. The molecule has 1 saturated heterocycles. The van der Waals surface area contributed by atoms with Crippen molar-refractivity contribution in [3.8, 4) is 0 Å². The van der Waals surface area contributed by atoms with Gasteiger partial charge in [-0.25, -0.2) is 12.8 Å². The molecule has 9 heteroatoms. The lowest BCUT2D eigenvalue weighted by Crippen LogP contribution is -2.42. The molecule has 1 aliphatic rings. The lowest BCUT2D eigenvalue weighted by Gasteiger charge is -2.30. The van der Waals surface area contributed by atoms with Crippen molar-refractivity contribution in [1.82, 2.24) is 9.62 Å². The normalized spacial score (nSPS) is 16.1. The fourth-order valence-electron chi connectivity index (χ4n) is 3.11. The monoisotopic (exact) mass is 444 g/mol. The number of nitrogens with one attached hydrogen (secondary N) is 1. The van der Waals surface area contributed by atoms with Crippen LogP contribution in [0.4, 0.5) is 4.39 Å². The van der Waals surface area contributed by atoms with Gasteiger partial charge in [-0.1, -0.05) is 35.3 Å². The first-order valence-electron chi connectivity index (χ1n) is 8.75. The van der Waals surface area contributed by atoms with Gasteiger partial charge in [0.1, 0.15) is 10.7 Å². The Kier molecular flexibility index (Phi) is 6.60. The predicted octanol–water partition coefficient (Wildman–Crippen LogP) is 3.85. The van der Waals surface area contributed by atoms with E-state index in [1.807, 2.05) is 0 Å². The Morgan fingerprint density at radius 1 is 1.11 bits per heavy atom. The zero-order chi connectivity index (χ0) is 20.3. The van der Waals surface area contributed by atoms with Crippen molar-refractivity contribution in [2.24, 2.45) is 5.92 Å². The average molecular weight is 445 g/mol. The number of hydrogen-bond acceptors (Lipinski definition) is 3. The Morgan fingerprint density at radius 2 is 1.75 bits per heavy atom. The van der Waals surface area contributed by atoms with Crippen LogP contribution < -0.4 is 5.32 Å². The molecule has 0 atom stereocenters. The third-order valence-electron chi connectivity index (χ3n) is 4.72. The summed E-state index contributed by atoms with van der Waals surface area (Å²) in [6, 6.07) is 10.2. The molecule has 1 heterocycles. The summed E-state index contributed by atoms with van der Waals surface area (Å²) in [5.74, 6) is -0.743. The molecular formula is C19H19Cl2FN2O3S. The largest absolute Gasteiger partial charge is 0.352 e. The number of sulfonamides is 1. The fourth-order valence-corrected chi connectivity index (χ4v) is 5.31. The average Bonchev–Trinajstić information content (AvgIpc) is 2.69. The van der Waals surface area contributed by atoms with E-state index in [2.05, 4.69) is 5.32 Å². The molecule has 0 spiro atoms. The summed E-state index contributed by atoms with van der Waals surface area (Å²) in [7, 11) is -3.77. The second-order valence-corrected chi connectivity index (χ2v) is 9.35. The molecule has 1 aliphatic heterocycles. The highest BCUT2D eigenvalue weighted by atomic mass is 35.5. The standard InChI is InChI=1S/C19H19Cl2FN2O3S/c20-15-3-6-17(21)18(11-15)28(26,27)24-9-7-14(8-10-24)19(25)23-12-13-1-4-16(22)5-2-13/h1-6,11,14H,7-10,12H2,(H,23,25). The van der Waals surface area contributed by atoms with Crippen LogP contribution >= 0.6 is 23.2 Å². The van der Waals surface area contributed by atoms with Gasteiger partial charge < -0.3 is 5.32 Å². The molecule has 0 unspecified atom stereocenters. The Balaban J connectivity index is 1.58. The Bertz CT molecular complexity index is 960. The van der Waals surface area contributed by atoms with Gasteiger partial charge in [-0.2, -0.15) is 4.31 Å². The maximum Gasteiger partial charge on any atom is 0.244 e. The van der Waals surface area contributed by atoms with Crippen LogP contribution in [0.5, 0.6) is 0 Å². The van der Waals surface area contributed by atoms with Crippen molar-refractivity contribution in [2.75, 3.05) is 13.1 Å². The van der Waals surface area contributed by atoms with Gasteiger partial charge in [0.15, 0.2) is 0 Å². The van der Waals surface area contributed by atoms with E-state index >= 15 is 0 Å². The number of benzene rings is 2. The van der Waals surface area contributed by atoms with E-state index < -0.39 is 10.0 Å². The van der Waals surface area contributed by atoms with Crippen molar-refractivity contribution >= 4 is 39.1 Å². The minimum Gasteiger partial charge on any atom is -0.352 e. The Labute approximate surface area is 173 Å². The summed E-state index contributed by atoms with van der Waals surface area (Å²) in [4.78, 5) is 12.3. The van der Waals surface area contributed by atoms with E-state index in [0.29, 0.717) is 19.4 Å². The van der Waals surface area contributed by atoms with Gasteiger partial charge in [-0.05, 0) is 48.7 Å². The smallest absolute Gasteiger partial charge is 0.244 e. The topological polar surface area (TPSA) is 66.5 Å². The molecule has 150 valence electrons. The molecule has 0 bridgehead atoms. The first kappa shape index (κ1) is 21.0. The minimum absolute atomic E-state index is 0.0270. The van der Waals surface area contributed by atoms with Crippen molar-refractivity contribution in [2.45, 2.75) is 24.3 Å². The number of hydrogen-bond donors (Lipinski definition) is 1. The van der Waals surface area contributed by atoms with E-state index in [-0.39, 0.29) is 45.7 Å². The molecule has 0 aromatic heterocycles. The highest BCUT2D eigenvalue weighted by molar-refractivity contribution is 7.89. The van der Waals surface area contributed by atoms with Crippen molar-refractivity contribution in [3.63, 3.8) is 0 Å². The number of halogens is 3. The minimum atomic E-state index is -3.77. The molecule has 0 saturated carbocycles. The lowest BCUT2D eigenvalue weighted by atomic mass is 9.97. The zero-order valence-electron chi connectivity index (χ0n) is 14.9. The summed E-state index contributed by atoms with van der Waals surface area (Å²) < 4.78 is 39.9. The van der Waals surface area contributed by atoms with E-state index in [0.717, 1.165) is 5.56 Å². The van der Waals surface area contributed by atoms with Gasteiger partial charge in [0.2, 0.25) is 15.9 Å². The van der Waals surface area contributed by atoms with Crippen LogP contribution in [-0.2, 0) is 21.4 Å². The molecule has 1 fully saturated rings. The third-order valence-corrected chi connectivity index (χ3v) is 7.33. The highest BCUT2D eigenvalue weighted by Gasteiger charge is 2.33. The van der Waals surface area contributed by atoms with Crippen LogP contribution in [-0.4, -0.2) is 31.7 Å². The highest BCUT2D eigenvalue weighted by Crippen LogP contribution is 2.30. The quantitative estimate of drug-likeness (QED) is 0.761. The maximum atomic E-state index is 12.9.